The zero-order valence-electron chi connectivity index (χ0n) is 12.1. The van der Waals surface area contributed by atoms with Crippen molar-refractivity contribution < 1.29 is 23.8 Å². The molecule has 0 aromatic rings. The van der Waals surface area contributed by atoms with E-state index in [1.54, 1.807) is 26.2 Å². The summed E-state index contributed by atoms with van der Waals surface area (Å²) in [6.07, 6.45) is 5.44. The summed E-state index contributed by atoms with van der Waals surface area (Å²) in [5, 5.41) is 0. The molecule has 6 heteroatoms. The Bertz CT molecular complexity index is 402. The standard InChI is InChI=1S/C14H21NO5/c1-4-19-13(16)7-6-11-8-9-15(10-12(11)18-3)14(17)20-5-2/h8-11H,4-7H2,1-3H3. The zero-order chi connectivity index (χ0) is 15.0. The number of methoxy groups -OCH3 is 1. The van der Waals surface area contributed by atoms with Gasteiger partial charge in [0.05, 0.1) is 26.5 Å². The van der Waals surface area contributed by atoms with Crippen LogP contribution in [-0.2, 0) is 19.0 Å². The largest absolute Gasteiger partial charge is 0.499 e. The van der Waals surface area contributed by atoms with Gasteiger partial charge in [-0.05, 0) is 20.3 Å². The van der Waals surface area contributed by atoms with Gasteiger partial charge in [0.1, 0.15) is 5.76 Å². The van der Waals surface area contributed by atoms with Gasteiger partial charge in [-0.2, -0.15) is 0 Å². The molecule has 0 aromatic carbocycles. The van der Waals surface area contributed by atoms with Gasteiger partial charge in [-0.25, -0.2) is 4.79 Å². The normalized spacial score (nSPS) is 17.4. The van der Waals surface area contributed by atoms with Gasteiger partial charge in [-0.1, -0.05) is 6.08 Å². The van der Waals surface area contributed by atoms with Crippen LogP contribution in [0.4, 0.5) is 4.79 Å². The van der Waals surface area contributed by atoms with E-state index >= 15 is 0 Å². The van der Waals surface area contributed by atoms with E-state index in [1.807, 2.05) is 6.08 Å². The first-order valence-electron chi connectivity index (χ1n) is 6.67. The van der Waals surface area contributed by atoms with Crippen molar-refractivity contribution in [2.45, 2.75) is 26.7 Å². The van der Waals surface area contributed by atoms with Crippen molar-refractivity contribution in [3.63, 3.8) is 0 Å². The topological polar surface area (TPSA) is 65.1 Å². The number of carbonyl (C=O) groups is 2. The molecule has 1 aliphatic heterocycles. The number of rotatable bonds is 6. The zero-order valence-corrected chi connectivity index (χ0v) is 12.1. The summed E-state index contributed by atoms with van der Waals surface area (Å²) in [6, 6.07) is 0. The lowest BCUT2D eigenvalue weighted by atomic mass is 9.99. The van der Waals surface area contributed by atoms with Gasteiger partial charge >= 0.3 is 12.1 Å². The van der Waals surface area contributed by atoms with Crippen molar-refractivity contribution in [2.24, 2.45) is 5.92 Å². The molecule has 0 aliphatic carbocycles. The third kappa shape index (κ3) is 4.60. The van der Waals surface area contributed by atoms with E-state index in [2.05, 4.69) is 0 Å². The molecular formula is C14H21NO5. The van der Waals surface area contributed by atoms with Crippen molar-refractivity contribution in [3.05, 3.63) is 24.2 Å². The molecule has 0 spiro atoms. The average molecular weight is 283 g/mol. The molecule has 6 nitrogen and oxygen atoms in total. The van der Waals surface area contributed by atoms with Crippen LogP contribution < -0.4 is 0 Å². The van der Waals surface area contributed by atoms with Crippen LogP contribution >= 0.6 is 0 Å². The van der Waals surface area contributed by atoms with Crippen LogP contribution in [0.2, 0.25) is 0 Å². The van der Waals surface area contributed by atoms with Gasteiger partial charge < -0.3 is 14.2 Å². The summed E-state index contributed by atoms with van der Waals surface area (Å²) in [7, 11) is 1.53. The Morgan fingerprint density at radius 1 is 1.25 bits per heavy atom. The maximum atomic E-state index is 11.6. The van der Waals surface area contributed by atoms with Crippen LogP contribution in [0.1, 0.15) is 26.7 Å². The number of allylic oxidation sites excluding steroid dienone is 1. The third-order valence-corrected chi connectivity index (χ3v) is 2.79. The highest BCUT2D eigenvalue weighted by molar-refractivity contribution is 5.71. The summed E-state index contributed by atoms with van der Waals surface area (Å²) in [6.45, 7) is 4.21. The molecular weight excluding hydrogens is 262 g/mol. The van der Waals surface area contributed by atoms with E-state index in [-0.39, 0.29) is 11.9 Å². The predicted molar refractivity (Wildman–Crippen MR) is 72.5 cm³/mol. The molecule has 1 aliphatic rings. The third-order valence-electron chi connectivity index (χ3n) is 2.79. The number of hydrogen-bond donors (Lipinski definition) is 0. The molecule has 0 bridgehead atoms. The second kappa shape index (κ2) is 8.24. The lowest BCUT2D eigenvalue weighted by molar-refractivity contribution is -0.143. The number of esters is 1. The van der Waals surface area contributed by atoms with E-state index in [9.17, 15) is 9.59 Å². The number of ether oxygens (including phenoxy) is 3. The number of amides is 1. The maximum absolute atomic E-state index is 11.6. The average Bonchev–Trinajstić information content (AvgIpc) is 2.45. The Balaban J connectivity index is 2.59. The van der Waals surface area contributed by atoms with Gasteiger partial charge in [0.2, 0.25) is 0 Å². The van der Waals surface area contributed by atoms with Crippen molar-refractivity contribution in [1.82, 2.24) is 4.90 Å². The first-order chi connectivity index (χ1) is 9.62. The summed E-state index contributed by atoms with van der Waals surface area (Å²) >= 11 is 0. The molecule has 112 valence electrons. The molecule has 0 N–H and O–H groups in total. The second-order valence-electron chi connectivity index (χ2n) is 4.13. The fraction of sp³-hybridized carbons (Fsp3) is 0.571. The Morgan fingerprint density at radius 2 is 1.95 bits per heavy atom. The lowest BCUT2D eigenvalue weighted by Gasteiger charge is -2.24. The Kier molecular flexibility index (Phi) is 6.63. The molecule has 0 saturated carbocycles. The van der Waals surface area contributed by atoms with Crippen LogP contribution in [0.25, 0.3) is 0 Å². The van der Waals surface area contributed by atoms with Gasteiger partial charge in [0.25, 0.3) is 0 Å². The number of carbonyl (C=O) groups excluding carboxylic acids is 2. The minimum atomic E-state index is -0.456. The fourth-order valence-electron chi connectivity index (χ4n) is 1.83. The van der Waals surface area contributed by atoms with E-state index in [0.717, 1.165) is 0 Å². The van der Waals surface area contributed by atoms with Crippen LogP contribution in [0.3, 0.4) is 0 Å². The highest BCUT2D eigenvalue weighted by Crippen LogP contribution is 2.25. The molecule has 0 radical (unpaired) electrons. The molecule has 1 unspecified atom stereocenters. The minimum Gasteiger partial charge on any atom is -0.499 e. The quantitative estimate of drug-likeness (QED) is 0.700. The van der Waals surface area contributed by atoms with Crippen LogP contribution in [0, 0.1) is 5.92 Å². The Morgan fingerprint density at radius 3 is 2.55 bits per heavy atom. The second-order valence-corrected chi connectivity index (χ2v) is 4.13. The molecule has 0 saturated heterocycles. The lowest BCUT2D eigenvalue weighted by Crippen LogP contribution is -2.26. The number of nitrogens with zero attached hydrogens (tertiary/aromatic N) is 1. The maximum Gasteiger partial charge on any atom is 0.418 e. The SMILES string of the molecule is CCOC(=O)CCC1C=CN(C(=O)OCC)C=C1OC. The van der Waals surface area contributed by atoms with Gasteiger partial charge in [-0.15, -0.1) is 0 Å². The molecule has 1 atom stereocenters. The van der Waals surface area contributed by atoms with Crippen molar-refractivity contribution >= 4 is 12.1 Å². The summed E-state index contributed by atoms with van der Waals surface area (Å²) < 4.78 is 15.0. The van der Waals surface area contributed by atoms with Gasteiger partial charge in [0, 0.05) is 18.5 Å². The highest BCUT2D eigenvalue weighted by Gasteiger charge is 2.22. The molecule has 0 fully saturated rings. The van der Waals surface area contributed by atoms with E-state index in [4.69, 9.17) is 14.2 Å². The molecule has 1 heterocycles. The molecule has 1 rings (SSSR count). The van der Waals surface area contributed by atoms with Crippen molar-refractivity contribution in [3.8, 4) is 0 Å². The monoisotopic (exact) mass is 283 g/mol. The predicted octanol–water partition coefficient (Wildman–Crippen LogP) is 2.42. The molecule has 20 heavy (non-hydrogen) atoms. The number of hydrogen-bond acceptors (Lipinski definition) is 5. The first-order valence-corrected chi connectivity index (χ1v) is 6.67. The summed E-state index contributed by atoms with van der Waals surface area (Å²) in [4.78, 5) is 24.3. The summed E-state index contributed by atoms with van der Waals surface area (Å²) in [5.74, 6) is 0.337. The van der Waals surface area contributed by atoms with Crippen LogP contribution in [0.5, 0.6) is 0 Å². The van der Waals surface area contributed by atoms with E-state index in [0.29, 0.717) is 31.8 Å². The van der Waals surface area contributed by atoms with E-state index < -0.39 is 6.09 Å². The van der Waals surface area contributed by atoms with Gasteiger partial charge in [0.15, 0.2) is 0 Å². The molecule has 0 aromatic heterocycles. The van der Waals surface area contributed by atoms with E-state index in [1.165, 1.54) is 12.0 Å². The van der Waals surface area contributed by atoms with Gasteiger partial charge in [-0.3, -0.25) is 9.69 Å². The first kappa shape index (κ1) is 16.1. The Hall–Kier alpha value is -1.98. The van der Waals surface area contributed by atoms with Crippen LogP contribution in [-0.4, -0.2) is 37.3 Å². The minimum absolute atomic E-state index is 0.0462. The van der Waals surface area contributed by atoms with Crippen molar-refractivity contribution in [2.75, 3.05) is 20.3 Å². The smallest absolute Gasteiger partial charge is 0.418 e. The fourth-order valence-corrected chi connectivity index (χ4v) is 1.83. The summed E-state index contributed by atoms with van der Waals surface area (Å²) in [5.41, 5.74) is 0. The highest BCUT2D eigenvalue weighted by atomic mass is 16.6. The van der Waals surface area contributed by atoms with Crippen molar-refractivity contribution in [1.29, 1.82) is 0 Å². The Labute approximate surface area is 119 Å². The van der Waals surface area contributed by atoms with Crippen LogP contribution in [0.15, 0.2) is 24.2 Å². The molecule has 1 amide bonds.